The average molecular weight is 406 g/mol. The second kappa shape index (κ2) is 9.67. The van der Waals surface area contributed by atoms with Gasteiger partial charge in [0.2, 0.25) is 5.95 Å². The van der Waals surface area contributed by atoms with Crippen LogP contribution in [-0.4, -0.2) is 32.7 Å². The first kappa shape index (κ1) is 21.7. The number of nitrogens with one attached hydrogen (secondary N) is 2. The molecule has 158 valence electrons. The Hall–Kier alpha value is -2.99. The molecule has 0 aliphatic carbocycles. The molecule has 6 heteroatoms. The zero-order valence-electron chi connectivity index (χ0n) is 18.3. The summed E-state index contributed by atoms with van der Waals surface area (Å²) < 4.78 is 0. The van der Waals surface area contributed by atoms with Crippen LogP contribution >= 0.6 is 0 Å². The fourth-order valence-electron chi connectivity index (χ4n) is 3.36. The van der Waals surface area contributed by atoms with E-state index in [0.29, 0.717) is 23.4 Å². The first-order chi connectivity index (χ1) is 14.4. The van der Waals surface area contributed by atoms with E-state index in [1.54, 1.807) is 6.20 Å². The van der Waals surface area contributed by atoms with Crippen molar-refractivity contribution < 1.29 is 5.11 Å². The van der Waals surface area contributed by atoms with Crippen molar-refractivity contribution in [3.8, 4) is 11.4 Å². The van der Waals surface area contributed by atoms with Gasteiger partial charge in [-0.1, -0.05) is 39.8 Å². The van der Waals surface area contributed by atoms with Gasteiger partial charge in [-0.15, -0.1) is 0 Å². The molecule has 0 amide bonds. The number of rotatable bonds is 8. The standard InChI is InChI=1S/C24H31N5O/c1-15(2)19-10-9-18(12-17(19)5)26-23-13-21(20-8-6-7-11-25-20)27-24(29-23)28-22(14-30)16(3)4/h6-13,15-16,22,30H,14H2,1-5H3,(H2,26,27,28,29)/t22-/m0/s1. The Morgan fingerprint density at radius 1 is 0.967 bits per heavy atom. The molecule has 2 aromatic heterocycles. The van der Waals surface area contributed by atoms with Gasteiger partial charge in [-0.25, -0.2) is 4.98 Å². The normalized spacial score (nSPS) is 12.3. The SMILES string of the molecule is Cc1cc(Nc2cc(-c3ccccn3)nc(N[C@@H](CO)C(C)C)n2)ccc1C(C)C. The molecule has 1 aromatic carbocycles. The molecular formula is C24H31N5O. The van der Waals surface area contributed by atoms with Crippen LogP contribution in [0.25, 0.3) is 11.4 Å². The number of pyridine rings is 1. The second-order valence-electron chi connectivity index (χ2n) is 8.21. The molecule has 0 bridgehead atoms. The molecule has 0 saturated carbocycles. The predicted molar refractivity (Wildman–Crippen MR) is 123 cm³/mol. The minimum Gasteiger partial charge on any atom is -0.394 e. The first-order valence-corrected chi connectivity index (χ1v) is 10.4. The van der Waals surface area contributed by atoms with Crippen LogP contribution in [0.15, 0.2) is 48.7 Å². The molecule has 3 N–H and O–H groups in total. The smallest absolute Gasteiger partial charge is 0.225 e. The van der Waals surface area contributed by atoms with Gasteiger partial charge in [-0.05, 0) is 54.2 Å². The maximum atomic E-state index is 9.70. The molecule has 0 aliphatic rings. The third-order valence-corrected chi connectivity index (χ3v) is 5.13. The Bertz CT molecular complexity index is 973. The molecule has 0 spiro atoms. The summed E-state index contributed by atoms with van der Waals surface area (Å²) in [4.78, 5) is 13.7. The van der Waals surface area contributed by atoms with Crippen LogP contribution in [0, 0.1) is 12.8 Å². The van der Waals surface area contributed by atoms with Crippen molar-refractivity contribution in [1.82, 2.24) is 15.0 Å². The minimum atomic E-state index is -0.135. The molecule has 0 saturated heterocycles. The van der Waals surface area contributed by atoms with E-state index in [0.717, 1.165) is 11.4 Å². The summed E-state index contributed by atoms with van der Waals surface area (Å²) in [5.74, 6) is 1.85. The van der Waals surface area contributed by atoms with Crippen molar-refractivity contribution in [3.63, 3.8) is 0 Å². The summed E-state index contributed by atoms with van der Waals surface area (Å²) in [6.07, 6.45) is 1.75. The molecule has 1 atom stereocenters. The van der Waals surface area contributed by atoms with Gasteiger partial charge in [0.05, 0.1) is 24.0 Å². The van der Waals surface area contributed by atoms with Gasteiger partial charge >= 0.3 is 0 Å². The predicted octanol–water partition coefficient (Wildman–Crippen LogP) is 5.14. The summed E-state index contributed by atoms with van der Waals surface area (Å²) >= 11 is 0. The van der Waals surface area contributed by atoms with Crippen LogP contribution in [0.5, 0.6) is 0 Å². The van der Waals surface area contributed by atoms with Crippen molar-refractivity contribution in [3.05, 3.63) is 59.8 Å². The Balaban J connectivity index is 1.96. The lowest BCUT2D eigenvalue weighted by Gasteiger charge is -2.20. The Labute approximate surface area is 178 Å². The molecule has 2 heterocycles. The lowest BCUT2D eigenvalue weighted by atomic mass is 9.98. The average Bonchev–Trinajstić information content (AvgIpc) is 2.72. The van der Waals surface area contributed by atoms with Crippen molar-refractivity contribution in [2.75, 3.05) is 17.2 Å². The summed E-state index contributed by atoms with van der Waals surface area (Å²) in [5.41, 5.74) is 5.03. The lowest BCUT2D eigenvalue weighted by molar-refractivity contribution is 0.248. The van der Waals surface area contributed by atoms with Crippen LogP contribution in [0.1, 0.15) is 44.7 Å². The molecular weight excluding hydrogens is 374 g/mol. The summed E-state index contributed by atoms with van der Waals surface area (Å²) in [7, 11) is 0. The van der Waals surface area contributed by atoms with E-state index in [4.69, 9.17) is 0 Å². The monoisotopic (exact) mass is 405 g/mol. The molecule has 0 fully saturated rings. The summed E-state index contributed by atoms with van der Waals surface area (Å²) in [6.45, 7) is 10.6. The molecule has 0 aliphatic heterocycles. The van der Waals surface area contributed by atoms with E-state index in [1.165, 1.54) is 11.1 Å². The number of benzene rings is 1. The van der Waals surface area contributed by atoms with Crippen LogP contribution < -0.4 is 10.6 Å². The fourth-order valence-corrected chi connectivity index (χ4v) is 3.36. The van der Waals surface area contributed by atoms with E-state index in [1.807, 2.05) is 24.3 Å². The zero-order valence-corrected chi connectivity index (χ0v) is 18.3. The highest BCUT2D eigenvalue weighted by atomic mass is 16.3. The summed E-state index contributed by atoms with van der Waals surface area (Å²) in [6, 6.07) is 13.9. The summed E-state index contributed by atoms with van der Waals surface area (Å²) in [5, 5.41) is 16.4. The third-order valence-electron chi connectivity index (χ3n) is 5.13. The molecule has 3 rings (SSSR count). The molecule has 0 unspecified atom stereocenters. The molecule has 30 heavy (non-hydrogen) atoms. The maximum Gasteiger partial charge on any atom is 0.225 e. The van der Waals surface area contributed by atoms with Crippen LogP contribution in [-0.2, 0) is 0 Å². The minimum absolute atomic E-state index is 0.00740. The van der Waals surface area contributed by atoms with Gasteiger partial charge in [-0.3, -0.25) is 4.98 Å². The quantitative estimate of drug-likeness (QED) is 0.481. The first-order valence-electron chi connectivity index (χ1n) is 10.4. The topological polar surface area (TPSA) is 83.0 Å². The number of nitrogens with zero attached hydrogens (tertiary/aromatic N) is 3. The highest BCUT2D eigenvalue weighted by Gasteiger charge is 2.15. The number of hydrogen-bond acceptors (Lipinski definition) is 6. The van der Waals surface area contributed by atoms with Crippen molar-refractivity contribution >= 4 is 17.5 Å². The second-order valence-corrected chi connectivity index (χ2v) is 8.21. The highest BCUT2D eigenvalue weighted by molar-refractivity contribution is 5.66. The van der Waals surface area contributed by atoms with E-state index < -0.39 is 0 Å². The van der Waals surface area contributed by atoms with Gasteiger partial charge < -0.3 is 15.7 Å². The van der Waals surface area contributed by atoms with Crippen LogP contribution in [0.3, 0.4) is 0 Å². The maximum absolute atomic E-state index is 9.70. The molecule has 6 nitrogen and oxygen atoms in total. The van der Waals surface area contributed by atoms with Gasteiger partial charge in [0.25, 0.3) is 0 Å². The van der Waals surface area contributed by atoms with E-state index in [9.17, 15) is 5.11 Å². The number of aliphatic hydroxyl groups excluding tert-OH is 1. The number of hydrogen-bond donors (Lipinski definition) is 3. The molecule has 3 aromatic rings. The zero-order chi connectivity index (χ0) is 21.7. The van der Waals surface area contributed by atoms with E-state index in [2.05, 4.69) is 78.4 Å². The van der Waals surface area contributed by atoms with Crippen LogP contribution in [0.2, 0.25) is 0 Å². The Morgan fingerprint density at radius 2 is 1.77 bits per heavy atom. The van der Waals surface area contributed by atoms with Crippen molar-refractivity contribution in [2.24, 2.45) is 5.92 Å². The third kappa shape index (κ3) is 5.33. The van der Waals surface area contributed by atoms with Crippen molar-refractivity contribution in [2.45, 2.75) is 46.6 Å². The van der Waals surface area contributed by atoms with Gasteiger partial charge in [-0.2, -0.15) is 4.98 Å². The lowest BCUT2D eigenvalue weighted by Crippen LogP contribution is -2.30. The number of aryl methyl sites for hydroxylation is 1. The number of anilines is 3. The van der Waals surface area contributed by atoms with Gasteiger partial charge in [0, 0.05) is 18.0 Å². The Kier molecular flexibility index (Phi) is 7.00. The van der Waals surface area contributed by atoms with E-state index >= 15 is 0 Å². The number of aromatic nitrogens is 3. The van der Waals surface area contributed by atoms with E-state index in [-0.39, 0.29) is 18.6 Å². The van der Waals surface area contributed by atoms with Gasteiger partial charge in [0.15, 0.2) is 0 Å². The van der Waals surface area contributed by atoms with Crippen LogP contribution in [0.4, 0.5) is 17.5 Å². The largest absolute Gasteiger partial charge is 0.394 e. The Morgan fingerprint density at radius 3 is 2.37 bits per heavy atom. The number of aliphatic hydroxyl groups is 1. The highest BCUT2D eigenvalue weighted by Crippen LogP contribution is 2.26. The molecule has 0 radical (unpaired) electrons. The van der Waals surface area contributed by atoms with Crippen molar-refractivity contribution in [1.29, 1.82) is 0 Å². The van der Waals surface area contributed by atoms with Gasteiger partial charge in [0.1, 0.15) is 5.82 Å². The fraction of sp³-hybridized carbons (Fsp3) is 0.375.